The van der Waals surface area contributed by atoms with Gasteiger partial charge >= 0.3 is 5.97 Å². The number of carbonyl (C=O) groups excluding carboxylic acids is 3. The molecule has 180 valence electrons. The fourth-order valence-electron chi connectivity index (χ4n) is 2.83. The molecule has 3 rings (SSSR count). The molecule has 35 heavy (non-hydrogen) atoms. The molecule has 0 aliphatic heterocycles. The molecule has 0 bridgehead atoms. The van der Waals surface area contributed by atoms with Crippen molar-refractivity contribution in [3.05, 3.63) is 87.9 Å². The Kier molecular flexibility index (Phi) is 8.96. The van der Waals surface area contributed by atoms with Crippen molar-refractivity contribution in [1.29, 1.82) is 0 Å². The Hall–Kier alpha value is -4.18. The Morgan fingerprint density at radius 2 is 1.54 bits per heavy atom. The van der Waals surface area contributed by atoms with Crippen molar-refractivity contribution in [3.8, 4) is 17.2 Å². The van der Waals surface area contributed by atoms with Crippen molar-refractivity contribution in [2.45, 2.75) is 0 Å². The van der Waals surface area contributed by atoms with Gasteiger partial charge in [-0.15, -0.1) is 0 Å². The molecule has 10 heteroatoms. The summed E-state index contributed by atoms with van der Waals surface area (Å²) >= 11 is 3.32. The summed E-state index contributed by atoms with van der Waals surface area (Å²) in [7, 11) is 2.96. The molecule has 0 radical (unpaired) electrons. The first-order valence-electron chi connectivity index (χ1n) is 10.3. The number of methoxy groups -OCH3 is 2. The van der Waals surface area contributed by atoms with E-state index in [4.69, 9.17) is 14.2 Å². The molecule has 9 nitrogen and oxygen atoms in total. The van der Waals surface area contributed by atoms with Crippen LogP contribution in [0.1, 0.15) is 26.3 Å². The number of carbonyl (C=O) groups is 3. The van der Waals surface area contributed by atoms with Gasteiger partial charge < -0.3 is 19.5 Å². The fraction of sp³-hybridized carbons (Fsp3) is 0.120. The van der Waals surface area contributed by atoms with E-state index >= 15 is 0 Å². The number of nitrogens with one attached hydrogen (secondary N) is 2. The van der Waals surface area contributed by atoms with Gasteiger partial charge in [0.2, 0.25) is 0 Å². The van der Waals surface area contributed by atoms with Crippen LogP contribution in [-0.4, -0.2) is 44.8 Å². The summed E-state index contributed by atoms with van der Waals surface area (Å²) in [5.74, 6) is -0.151. The van der Waals surface area contributed by atoms with Crippen LogP contribution in [0.5, 0.6) is 17.2 Å². The molecule has 0 saturated heterocycles. The highest BCUT2D eigenvalue weighted by atomic mass is 79.9. The van der Waals surface area contributed by atoms with Crippen LogP contribution < -0.4 is 25.0 Å². The third kappa shape index (κ3) is 7.41. The van der Waals surface area contributed by atoms with Crippen LogP contribution in [0.15, 0.2) is 76.3 Å². The van der Waals surface area contributed by atoms with Gasteiger partial charge in [-0.3, -0.25) is 9.59 Å². The molecule has 0 heterocycles. The van der Waals surface area contributed by atoms with Gasteiger partial charge in [0.15, 0.2) is 11.5 Å². The Morgan fingerprint density at radius 1 is 0.886 bits per heavy atom. The molecule has 2 amide bonds. The van der Waals surface area contributed by atoms with E-state index in [0.717, 1.165) is 4.47 Å². The van der Waals surface area contributed by atoms with E-state index in [-0.39, 0.29) is 6.54 Å². The number of hydrogen-bond acceptors (Lipinski definition) is 7. The number of benzene rings is 3. The molecule has 3 aromatic rings. The van der Waals surface area contributed by atoms with Crippen molar-refractivity contribution >= 4 is 39.9 Å². The molecular weight excluding hydrogens is 518 g/mol. The molecule has 0 fully saturated rings. The van der Waals surface area contributed by atoms with E-state index in [0.29, 0.717) is 33.9 Å². The zero-order chi connectivity index (χ0) is 25.2. The molecule has 2 N–H and O–H groups in total. The van der Waals surface area contributed by atoms with Crippen molar-refractivity contribution in [1.82, 2.24) is 10.7 Å². The summed E-state index contributed by atoms with van der Waals surface area (Å²) in [4.78, 5) is 36.4. The topological polar surface area (TPSA) is 115 Å². The van der Waals surface area contributed by atoms with Crippen molar-refractivity contribution in [3.63, 3.8) is 0 Å². The molecule has 0 aromatic heterocycles. The Labute approximate surface area is 210 Å². The van der Waals surface area contributed by atoms with Crippen molar-refractivity contribution < 1.29 is 28.6 Å². The molecule has 0 saturated carbocycles. The zero-order valence-electron chi connectivity index (χ0n) is 18.9. The standard InChI is InChI=1S/C25H22BrN3O6/c1-33-21-12-7-18(13-22(21)34-2)24(31)27-15-23(30)29-28-14-16-3-10-20(11-4-16)35-25(32)17-5-8-19(26)9-6-17/h3-14H,15H2,1-2H3,(H,27,31)(H,29,30). The number of ether oxygens (including phenoxy) is 3. The maximum Gasteiger partial charge on any atom is 0.343 e. The van der Waals surface area contributed by atoms with Gasteiger partial charge in [-0.25, -0.2) is 10.2 Å². The first kappa shape index (κ1) is 25.4. The molecular formula is C25H22BrN3O6. The predicted molar refractivity (Wildman–Crippen MR) is 133 cm³/mol. The third-order valence-electron chi connectivity index (χ3n) is 4.63. The predicted octanol–water partition coefficient (Wildman–Crippen LogP) is 3.57. The van der Waals surface area contributed by atoms with E-state index in [1.54, 1.807) is 60.7 Å². The average molecular weight is 540 g/mol. The summed E-state index contributed by atoms with van der Waals surface area (Å²) in [5.41, 5.74) is 3.75. The summed E-state index contributed by atoms with van der Waals surface area (Å²) in [6, 6.07) is 18.1. The zero-order valence-corrected chi connectivity index (χ0v) is 20.5. The van der Waals surface area contributed by atoms with Crippen LogP contribution in [0.2, 0.25) is 0 Å². The van der Waals surface area contributed by atoms with Crippen molar-refractivity contribution in [2.75, 3.05) is 20.8 Å². The first-order valence-corrected chi connectivity index (χ1v) is 11.1. The average Bonchev–Trinajstić information content (AvgIpc) is 2.88. The smallest absolute Gasteiger partial charge is 0.343 e. The van der Waals surface area contributed by atoms with Crippen LogP contribution in [0, 0.1) is 0 Å². The molecule has 0 spiro atoms. The number of nitrogens with zero attached hydrogens (tertiary/aromatic N) is 1. The second kappa shape index (κ2) is 12.3. The Balaban J connectivity index is 1.46. The van der Waals surface area contributed by atoms with E-state index in [9.17, 15) is 14.4 Å². The van der Waals surface area contributed by atoms with E-state index in [1.165, 1.54) is 26.5 Å². The van der Waals surface area contributed by atoms with Crippen LogP contribution in [-0.2, 0) is 4.79 Å². The molecule has 0 aliphatic rings. The van der Waals surface area contributed by atoms with Gasteiger partial charge in [-0.1, -0.05) is 15.9 Å². The van der Waals surface area contributed by atoms with Crippen LogP contribution in [0.25, 0.3) is 0 Å². The third-order valence-corrected chi connectivity index (χ3v) is 5.16. The Morgan fingerprint density at radius 3 is 2.20 bits per heavy atom. The summed E-state index contributed by atoms with van der Waals surface area (Å²) < 4.78 is 16.5. The van der Waals surface area contributed by atoms with Crippen molar-refractivity contribution in [2.24, 2.45) is 5.10 Å². The number of amides is 2. The molecule has 0 atom stereocenters. The van der Waals surface area contributed by atoms with Gasteiger partial charge in [0.1, 0.15) is 5.75 Å². The second-order valence-corrected chi connectivity index (χ2v) is 7.93. The second-order valence-electron chi connectivity index (χ2n) is 7.01. The molecule has 0 aliphatic carbocycles. The number of hydrazone groups is 1. The minimum absolute atomic E-state index is 0.268. The number of esters is 1. The minimum atomic E-state index is -0.505. The summed E-state index contributed by atoms with van der Waals surface area (Å²) in [6.45, 7) is -0.268. The highest BCUT2D eigenvalue weighted by Gasteiger charge is 2.12. The van der Waals surface area contributed by atoms with Gasteiger partial charge in [-0.05, 0) is 72.3 Å². The normalized spacial score (nSPS) is 10.5. The van der Waals surface area contributed by atoms with E-state index in [1.807, 2.05) is 0 Å². The largest absolute Gasteiger partial charge is 0.493 e. The van der Waals surface area contributed by atoms with E-state index in [2.05, 4.69) is 31.8 Å². The lowest BCUT2D eigenvalue weighted by atomic mass is 10.2. The number of halogens is 1. The fourth-order valence-corrected chi connectivity index (χ4v) is 3.10. The highest BCUT2D eigenvalue weighted by Crippen LogP contribution is 2.27. The molecule has 3 aromatic carbocycles. The summed E-state index contributed by atoms with van der Waals surface area (Å²) in [6.07, 6.45) is 1.42. The lowest BCUT2D eigenvalue weighted by Crippen LogP contribution is -2.34. The SMILES string of the molecule is COc1ccc(C(=O)NCC(=O)NN=Cc2ccc(OC(=O)c3ccc(Br)cc3)cc2)cc1OC. The quantitative estimate of drug-likeness (QED) is 0.186. The maximum atomic E-state index is 12.3. The van der Waals surface area contributed by atoms with E-state index < -0.39 is 17.8 Å². The van der Waals surface area contributed by atoms with Crippen LogP contribution in [0.3, 0.4) is 0 Å². The lowest BCUT2D eigenvalue weighted by molar-refractivity contribution is -0.120. The highest BCUT2D eigenvalue weighted by molar-refractivity contribution is 9.10. The Bertz CT molecular complexity index is 1230. The maximum absolute atomic E-state index is 12.3. The minimum Gasteiger partial charge on any atom is -0.493 e. The van der Waals surface area contributed by atoms with Gasteiger partial charge in [0.05, 0.1) is 32.5 Å². The summed E-state index contributed by atoms with van der Waals surface area (Å²) in [5, 5.41) is 6.37. The lowest BCUT2D eigenvalue weighted by Gasteiger charge is -2.09. The van der Waals surface area contributed by atoms with Gasteiger partial charge in [0, 0.05) is 10.0 Å². The van der Waals surface area contributed by atoms with Crippen LogP contribution >= 0.6 is 15.9 Å². The molecule has 0 unspecified atom stereocenters. The van der Waals surface area contributed by atoms with Gasteiger partial charge in [-0.2, -0.15) is 5.10 Å². The van der Waals surface area contributed by atoms with Gasteiger partial charge in [0.25, 0.3) is 11.8 Å². The number of rotatable bonds is 9. The van der Waals surface area contributed by atoms with Crippen LogP contribution in [0.4, 0.5) is 0 Å². The monoisotopic (exact) mass is 539 g/mol. The number of hydrogen-bond donors (Lipinski definition) is 2. The first-order chi connectivity index (χ1) is 16.9.